The molecule has 0 fully saturated rings. The lowest BCUT2D eigenvalue weighted by Gasteiger charge is -2.05. The van der Waals surface area contributed by atoms with Crippen LogP contribution < -0.4 is 5.32 Å². The molecule has 0 bridgehead atoms. The molecule has 0 atom stereocenters. The van der Waals surface area contributed by atoms with Crippen LogP contribution in [0.5, 0.6) is 0 Å². The van der Waals surface area contributed by atoms with Crippen LogP contribution in [0.4, 0.5) is 0 Å². The molecule has 7 nitrogen and oxygen atoms in total. The minimum Gasteiger partial charge on any atom is -0.355 e. The van der Waals surface area contributed by atoms with E-state index >= 15 is 0 Å². The maximum atomic E-state index is 12.2. The van der Waals surface area contributed by atoms with E-state index in [1.807, 2.05) is 48.5 Å². The number of carbonyl (C=O) groups is 1. The number of carbonyl (C=O) groups excluding carboxylic acids is 1. The van der Waals surface area contributed by atoms with Gasteiger partial charge in [0.15, 0.2) is 9.84 Å². The highest BCUT2D eigenvalue weighted by Crippen LogP contribution is 2.16. The lowest BCUT2D eigenvalue weighted by Crippen LogP contribution is -2.32. The van der Waals surface area contributed by atoms with Crippen molar-refractivity contribution in [3.05, 3.63) is 72.1 Å². The van der Waals surface area contributed by atoms with Gasteiger partial charge in [-0.1, -0.05) is 65.8 Å². The monoisotopic (exact) mass is 385 g/mol. The molecule has 0 saturated heterocycles. The summed E-state index contributed by atoms with van der Waals surface area (Å²) >= 11 is 0. The van der Waals surface area contributed by atoms with Crippen molar-refractivity contribution in [2.45, 2.75) is 12.2 Å². The third-order valence-corrected chi connectivity index (χ3v) is 5.16. The van der Waals surface area contributed by atoms with Crippen molar-refractivity contribution in [3.63, 3.8) is 0 Å². The lowest BCUT2D eigenvalue weighted by atomic mass is 10.1. The van der Waals surface area contributed by atoms with Crippen LogP contribution in [0.25, 0.3) is 11.4 Å². The number of nitrogens with one attached hydrogen (secondary N) is 1. The van der Waals surface area contributed by atoms with Gasteiger partial charge in [-0.2, -0.15) is 4.98 Å². The summed E-state index contributed by atoms with van der Waals surface area (Å²) in [5.41, 5.74) is 1.79. The fourth-order valence-electron chi connectivity index (χ4n) is 2.50. The van der Waals surface area contributed by atoms with Gasteiger partial charge in [0.25, 0.3) is 0 Å². The number of hydrogen-bond acceptors (Lipinski definition) is 6. The smallest absolute Gasteiger partial charge is 0.242 e. The number of rotatable bonds is 8. The molecule has 0 aliphatic rings. The van der Waals surface area contributed by atoms with Gasteiger partial charge in [-0.25, -0.2) is 8.42 Å². The highest BCUT2D eigenvalue weighted by atomic mass is 32.2. The maximum Gasteiger partial charge on any atom is 0.242 e. The topological polar surface area (TPSA) is 102 Å². The molecule has 0 unspecified atom stereocenters. The van der Waals surface area contributed by atoms with Crippen LogP contribution in [0.15, 0.2) is 65.2 Å². The quantitative estimate of drug-likeness (QED) is 0.636. The van der Waals surface area contributed by atoms with Gasteiger partial charge in [0.1, 0.15) is 11.5 Å². The van der Waals surface area contributed by atoms with Crippen molar-refractivity contribution < 1.29 is 17.7 Å². The summed E-state index contributed by atoms with van der Waals surface area (Å²) in [5, 5.41) is 6.40. The molecule has 1 N–H and O–H groups in total. The van der Waals surface area contributed by atoms with Crippen molar-refractivity contribution in [2.24, 2.45) is 0 Å². The molecule has 0 aliphatic carbocycles. The fraction of sp³-hybridized carbons (Fsp3) is 0.211. The molecule has 140 valence electrons. The van der Waals surface area contributed by atoms with Gasteiger partial charge in [-0.3, -0.25) is 4.79 Å². The standard InChI is InChI=1S/C19H19N3O4S/c23-17(20-12-11-15-7-3-1-4-8-15)13-27(24,25)14-18-21-19(22-26-18)16-9-5-2-6-10-16/h1-10H,11-14H2,(H,20,23). The van der Waals surface area contributed by atoms with E-state index in [9.17, 15) is 13.2 Å². The Kier molecular flexibility index (Phi) is 5.97. The van der Waals surface area contributed by atoms with E-state index in [0.29, 0.717) is 18.8 Å². The van der Waals surface area contributed by atoms with Crippen molar-refractivity contribution in [2.75, 3.05) is 12.3 Å². The van der Waals surface area contributed by atoms with Gasteiger partial charge in [0.2, 0.25) is 17.6 Å². The third kappa shape index (κ3) is 5.75. The van der Waals surface area contributed by atoms with Crippen LogP contribution in [-0.2, 0) is 26.8 Å². The predicted molar refractivity (Wildman–Crippen MR) is 100 cm³/mol. The molecule has 2 aromatic carbocycles. The van der Waals surface area contributed by atoms with E-state index in [-0.39, 0.29) is 5.89 Å². The fourth-order valence-corrected chi connectivity index (χ4v) is 3.60. The number of aromatic nitrogens is 2. The van der Waals surface area contributed by atoms with Crippen LogP contribution in [0.1, 0.15) is 11.5 Å². The van der Waals surface area contributed by atoms with Gasteiger partial charge in [0.05, 0.1) is 0 Å². The Morgan fingerprint density at radius 1 is 1.00 bits per heavy atom. The Morgan fingerprint density at radius 2 is 1.67 bits per heavy atom. The van der Waals surface area contributed by atoms with Crippen molar-refractivity contribution in [1.82, 2.24) is 15.5 Å². The molecule has 3 rings (SSSR count). The van der Waals surface area contributed by atoms with E-state index < -0.39 is 27.3 Å². The summed E-state index contributed by atoms with van der Waals surface area (Å²) in [5.74, 6) is -1.36. The summed E-state index contributed by atoms with van der Waals surface area (Å²) in [6.45, 7) is 0.372. The average molecular weight is 385 g/mol. The molecule has 8 heteroatoms. The molecule has 27 heavy (non-hydrogen) atoms. The first-order valence-electron chi connectivity index (χ1n) is 8.41. The zero-order valence-corrected chi connectivity index (χ0v) is 15.4. The molecule has 1 amide bonds. The Bertz CT molecular complexity index is 986. The number of sulfone groups is 1. The molecule has 0 saturated carbocycles. The molecule has 1 aromatic heterocycles. The molecular weight excluding hydrogens is 366 g/mol. The number of hydrogen-bond donors (Lipinski definition) is 1. The molecule has 3 aromatic rings. The summed E-state index contributed by atoms with van der Waals surface area (Å²) < 4.78 is 29.4. The Balaban J connectivity index is 1.51. The highest BCUT2D eigenvalue weighted by molar-refractivity contribution is 7.91. The first-order chi connectivity index (χ1) is 13.0. The SMILES string of the molecule is O=C(CS(=O)(=O)Cc1nc(-c2ccccc2)no1)NCCc1ccccc1. The van der Waals surface area contributed by atoms with Crippen LogP contribution in [0.2, 0.25) is 0 Å². The lowest BCUT2D eigenvalue weighted by molar-refractivity contribution is -0.118. The largest absolute Gasteiger partial charge is 0.355 e. The minimum absolute atomic E-state index is 0.0362. The van der Waals surface area contributed by atoms with Gasteiger partial charge in [-0.05, 0) is 12.0 Å². The van der Waals surface area contributed by atoms with Crippen molar-refractivity contribution in [1.29, 1.82) is 0 Å². The van der Waals surface area contributed by atoms with E-state index in [4.69, 9.17) is 4.52 Å². The highest BCUT2D eigenvalue weighted by Gasteiger charge is 2.21. The van der Waals surface area contributed by atoms with Crippen LogP contribution in [-0.4, -0.2) is 36.8 Å². The first kappa shape index (κ1) is 18.8. The van der Waals surface area contributed by atoms with Gasteiger partial charge in [-0.15, -0.1) is 0 Å². The van der Waals surface area contributed by atoms with Crippen molar-refractivity contribution in [3.8, 4) is 11.4 Å². The molecular formula is C19H19N3O4S. The van der Waals surface area contributed by atoms with Crippen LogP contribution in [0.3, 0.4) is 0 Å². The Hall–Kier alpha value is -3.00. The number of benzene rings is 2. The van der Waals surface area contributed by atoms with Crippen molar-refractivity contribution >= 4 is 15.7 Å². The number of nitrogens with zero attached hydrogens (tertiary/aromatic N) is 2. The van der Waals surface area contributed by atoms with Crippen LogP contribution in [0, 0.1) is 0 Å². The second-order valence-electron chi connectivity index (χ2n) is 6.00. The first-order valence-corrected chi connectivity index (χ1v) is 10.2. The average Bonchev–Trinajstić information content (AvgIpc) is 3.10. The summed E-state index contributed by atoms with van der Waals surface area (Å²) in [4.78, 5) is 16.0. The second kappa shape index (κ2) is 8.59. The Labute approximate surface area is 157 Å². The van der Waals surface area contributed by atoms with Gasteiger partial charge in [0, 0.05) is 12.1 Å². The van der Waals surface area contributed by atoms with Crippen LogP contribution >= 0.6 is 0 Å². The maximum absolute atomic E-state index is 12.2. The van der Waals surface area contributed by atoms with E-state index in [0.717, 1.165) is 11.1 Å². The minimum atomic E-state index is -3.71. The zero-order chi connectivity index (χ0) is 19.1. The summed E-state index contributed by atoms with van der Waals surface area (Å²) in [7, 11) is -3.71. The molecule has 0 aliphatic heterocycles. The normalized spacial score (nSPS) is 11.3. The second-order valence-corrected chi connectivity index (χ2v) is 8.06. The number of amides is 1. The molecule has 0 spiro atoms. The third-order valence-electron chi connectivity index (χ3n) is 3.77. The zero-order valence-electron chi connectivity index (χ0n) is 14.5. The summed E-state index contributed by atoms with van der Waals surface area (Å²) in [6.07, 6.45) is 0.636. The van der Waals surface area contributed by atoms with Gasteiger partial charge < -0.3 is 9.84 Å². The summed E-state index contributed by atoms with van der Waals surface area (Å²) in [6, 6.07) is 18.7. The van der Waals surface area contributed by atoms with E-state index in [1.165, 1.54) is 0 Å². The molecule has 0 radical (unpaired) electrons. The Morgan fingerprint density at radius 3 is 2.37 bits per heavy atom. The predicted octanol–water partition coefficient (Wildman–Crippen LogP) is 2.01. The van der Waals surface area contributed by atoms with E-state index in [2.05, 4.69) is 15.5 Å². The molecule has 1 heterocycles. The van der Waals surface area contributed by atoms with Gasteiger partial charge >= 0.3 is 0 Å². The van der Waals surface area contributed by atoms with E-state index in [1.54, 1.807) is 12.1 Å².